The first-order chi connectivity index (χ1) is 8.58. The Labute approximate surface area is 117 Å². The first-order valence-electron chi connectivity index (χ1n) is 8.58. The first-order valence-corrected chi connectivity index (χ1v) is 8.58. The van der Waals surface area contributed by atoms with Gasteiger partial charge in [0.05, 0.1) is 0 Å². The van der Waals surface area contributed by atoms with E-state index in [1.807, 2.05) is 0 Å². The number of rotatable bonds is 11. The summed E-state index contributed by atoms with van der Waals surface area (Å²) in [5.74, 6) is 3.78. The molecule has 0 saturated heterocycles. The SMILES string of the molecule is CCCCC(CC)C(CC(C)CC)CC(C)CC. The van der Waals surface area contributed by atoms with Crippen molar-refractivity contribution in [1.29, 1.82) is 0 Å². The fourth-order valence-electron chi connectivity index (χ4n) is 3.09. The van der Waals surface area contributed by atoms with Crippen molar-refractivity contribution in [2.24, 2.45) is 23.7 Å². The normalized spacial score (nSPS) is 18.3. The first kappa shape index (κ1) is 18.0. The Hall–Kier alpha value is 0. The van der Waals surface area contributed by atoms with Crippen molar-refractivity contribution in [3.63, 3.8) is 0 Å². The molecule has 3 atom stereocenters. The van der Waals surface area contributed by atoms with Gasteiger partial charge in [-0.05, 0) is 36.5 Å². The summed E-state index contributed by atoms with van der Waals surface area (Å²) in [6.45, 7) is 14.3. The van der Waals surface area contributed by atoms with Crippen LogP contribution in [-0.4, -0.2) is 0 Å². The molecule has 0 saturated carbocycles. The summed E-state index contributed by atoms with van der Waals surface area (Å²) in [7, 11) is 0. The van der Waals surface area contributed by atoms with Gasteiger partial charge in [0.15, 0.2) is 0 Å². The zero-order valence-electron chi connectivity index (χ0n) is 14.0. The van der Waals surface area contributed by atoms with Crippen LogP contribution in [0.2, 0.25) is 0 Å². The van der Waals surface area contributed by atoms with Crippen LogP contribution >= 0.6 is 0 Å². The maximum absolute atomic E-state index is 2.44. The van der Waals surface area contributed by atoms with Crippen LogP contribution < -0.4 is 0 Å². The highest BCUT2D eigenvalue weighted by Gasteiger charge is 2.22. The molecule has 0 bridgehead atoms. The zero-order valence-corrected chi connectivity index (χ0v) is 14.0. The van der Waals surface area contributed by atoms with E-state index in [9.17, 15) is 0 Å². The van der Waals surface area contributed by atoms with Gasteiger partial charge in [-0.3, -0.25) is 0 Å². The van der Waals surface area contributed by atoms with Gasteiger partial charge in [-0.25, -0.2) is 0 Å². The molecule has 0 heterocycles. The van der Waals surface area contributed by atoms with Gasteiger partial charge in [0.2, 0.25) is 0 Å². The summed E-state index contributed by atoms with van der Waals surface area (Å²) >= 11 is 0. The molecule has 0 aromatic rings. The standard InChI is InChI=1S/C18H38/c1-7-11-12-17(10-4)18(13-15(5)8-2)14-16(6)9-3/h15-18H,7-14H2,1-6H3. The lowest BCUT2D eigenvalue weighted by atomic mass is 9.75. The van der Waals surface area contributed by atoms with Crippen LogP contribution in [0.4, 0.5) is 0 Å². The van der Waals surface area contributed by atoms with E-state index in [0.717, 1.165) is 23.7 Å². The summed E-state index contributed by atoms with van der Waals surface area (Å²) in [6.07, 6.45) is 11.3. The minimum atomic E-state index is 0.912. The van der Waals surface area contributed by atoms with Crippen LogP contribution in [0.3, 0.4) is 0 Å². The predicted octanol–water partition coefficient (Wildman–Crippen LogP) is 6.69. The van der Waals surface area contributed by atoms with Crippen molar-refractivity contribution >= 4 is 0 Å². The van der Waals surface area contributed by atoms with Crippen LogP contribution in [0, 0.1) is 23.7 Å². The molecular formula is C18H38. The average Bonchev–Trinajstić information content (AvgIpc) is 2.38. The van der Waals surface area contributed by atoms with Gasteiger partial charge in [0, 0.05) is 0 Å². The second-order valence-electron chi connectivity index (χ2n) is 6.57. The van der Waals surface area contributed by atoms with Crippen LogP contribution in [0.5, 0.6) is 0 Å². The Morgan fingerprint density at radius 3 is 1.50 bits per heavy atom. The highest BCUT2D eigenvalue weighted by molar-refractivity contribution is 4.73. The van der Waals surface area contributed by atoms with E-state index in [1.165, 1.54) is 51.4 Å². The second-order valence-corrected chi connectivity index (χ2v) is 6.57. The van der Waals surface area contributed by atoms with Crippen molar-refractivity contribution in [3.05, 3.63) is 0 Å². The van der Waals surface area contributed by atoms with Crippen molar-refractivity contribution in [3.8, 4) is 0 Å². The molecule has 0 aromatic carbocycles. The molecule has 0 radical (unpaired) electrons. The maximum atomic E-state index is 2.44. The largest absolute Gasteiger partial charge is 0.0654 e. The molecule has 0 aliphatic rings. The Bertz CT molecular complexity index is 161. The molecule has 0 N–H and O–H groups in total. The quantitative estimate of drug-likeness (QED) is 0.385. The molecule has 0 aliphatic heterocycles. The highest BCUT2D eigenvalue weighted by atomic mass is 14.3. The third kappa shape index (κ3) is 7.44. The summed E-state index contributed by atoms with van der Waals surface area (Å²) in [4.78, 5) is 0. The van der Waals surface area contributed by atoms with Crippen molar-refractivity contribution in [1.82, 2.24) is 0 Å². The second kappa shape index (κ2) is 10.9. The van der Waals surface area contributed by atoms with Gasteiger partial charge in [0.25, 0.3) is 0 Å². The molecule has 0 spiro atoms. The fraction of sp³-hybridized carbons (Fsp3) is 1.00. The Kier molecular flexibility index (Phi) is 10.9. The van der Waals surface area contributed by atoms with E-state index in [0.29, 0.717) is 0 Å². The Balaban J connectivity index is 4.47. The molecule has 18 heavy (non-hydrogen) atoms. The van der Waals surface area contributed by atoms with Gasteiger partial charge in [-0.2, -0.15) is 0 Å². The molecule has 0 fully saturated rings. The summed E-state index contributed by atoms with van der Waals surface area (Å²) in [5, 5.41) is 0. The number of hydrogen-bond donors (Lipinski definition) is 0. The molecule has 0 heteroatoms. The lowest BCUT2D eigenvalue weighted by Gasteiger charge is -2.30. The van der Waals surface area contributed by atoms with Crippen molar-refractivity contribution in [2.45, 2.75) is 92.9 Å². The van der Waals surface area contributed by atoms with Gasteiger partial charge in [-0.15, -0.1) is 0 Å². The third-order valence-corrected chi connectivity index (χ3v) is 4.92. The summed E-state index contributed by atoms with van der Waals surface area (Å²) < 4.78 is 0. The lowest BCUT2D eigenvalue weighted by Crippen LogP contribution is -2.20. The van der Waals surface area contributed by atoms with Gasteiger partial charge in [0.1, 0.15) is 0 Å². The molecule has 0 aliphatic carbocycles. The van der Waals surface area contributed by atoms with E-state index in [-0.39, 0.29) is 0 Å². The monoisotopic (exact) mass is 254 g/mol. The topological polar surface area (TPSA) is 0 Å². The third-order valence-electron chi connectivity index (χ3n) is 4.92. The lowest BCUT2D eigenvalue weighted by molar-refractivity contribution is 0.206. The van der Waals surface area contributed by atoms with E-state index in [4.69, 9.17) is 0 Å². The van der Waals surface area contributed by atoms with E-state index in [1.54, 1.807) is 0 Å². The molecule has 0 amide bonds. The summed E-state index contributed by atoms with van der Waals surface area (Å²) in [5.41, 5.74) is 0. The van der Waals surface area contributed by atoms with Crippen LogP contribution in [0.1, 0.15) is 92.9 Å². The van der Waals surface area contributed by atoms with Crippen LogP contribution in [0.15, 0.2) is 0 Å². The Morgan fingerprint density at radius 1 is 0.667 bits per heavy atom. The van der Waals surface area contributed by atoms with Gasteiger partial charge < -0.3 is 0 Å². The number of unbranched alkanes of at least 4 members (excludes halogenated alkanes) is 1. The van der Waals surface area contributed by atoms with Crippen molar-refractivity contribution in [2.75, 3.05) is 0 Å². The molecule has 0 aromatic heterocycles. The maximum Gasteiger partial charge on any atom is -0.0381 e. The summed E-state index contributed by atoms with van der Waals surface area (Å²) in [6, 6.07) is 0. The molecule has 110 valence electrons. The minimum Gasteiger partial charge on any atom is -0.0654 e. The van der Waals surface area contributed by atoms with Gasteiger partial charge >= 0.3 is 0 Å². The highest BCUT2D eigenvalue weighted by Crippen LogP contribution is 2.34. The Morgan fingerprint density at radius 2 is 1.17 bits per heavy atom. The van der Waals surface area contributed by atoms with E-state index in [2.05, 4.69) is 41.5 Å². The average molecular weight is 255 g/mol. The molecular weight excluding hydrogens is 216 g/mol. The zero-order chi connectivity index (χ0) is 14.0. The van der Waals surface area contributed by atoms with E-state index < -0.39 is 0 Å². The van der Waals surface area contributed by atoms with Crippen LogP contribution in [0.25, 0.3) is 0 Å². The van der Waals surface area contributed by atoms with E-state index >= 15 is 0 Å². The molecule has 3 unspecified atom stereocenters. The van der Waals surface area contributed by atoms with Crippen molar-refractivity contribution < 1.29 is 0 Å². The van der Waals surface area contributed by atoms with Gasteiger partial charge in [-0.1, -0.05) is 80.1 Å². The van der Waals surface area contributed by atoms with Crippen LogP contribution in [-0.2, 0) is 0 Å². The molecule has 0 nitrogen and oxygen atoms in total. The molecule has 0 rings (SSSR count). The smallest absolute Gasteiger partial charge is 0.0381 e. The minimum absolute atomic E-state index is 0.912. The fourth-order valence-corrected chi connectivity index (χ4v) is 3.09. The predicted molar refractivity (Wildman–Crippen MR) is 84.9 cm³/mol. The number of hydrogen-bond acceptors (Lipinski definition) is 0.